The molecule has 0 saturated heterocycles. The maximum Gasteiger partial charge on any atom is 0.241 e. The molecule has 112 valence electrons. The summed E-state index contributed by atoms with van der Waals surface area (Å²) in [4.78, 5) is 0.374. The minimum Gasteiger partial charge on any atom is -0.392 e. The fourth-order valence-electron chi connectivity index (χ4n) is 1.78. The van der Waals surface area contributed by atoms with Crippen LogP contribution < -0.4 is 10.5 Å². The van der Waals surface area contributed by atoms with E-state index in [-0.39, 0.29) is 9.88 Å². The molecule has 0 spiro atoms. The Morgan fingerprint density at radius 1 is 1.30 bits per heavy atom. The second kappa shape index (κ2) is 6.65. The molecule has 1 atom stereocenters. The molecule has 0 aliphatic heterocycles. The van der Waals surface area contributed by atoms with E-state index in [1.807, 2.05) is 19.1 Å². The first-order chi connectivity index (χ1) is 9.25. The topological polar surface area (TPSA) is 72.2 Å². The van der Waals surface area contributed by atoms with Gasteiger partial charge in [-0.3, -0.25) is 0 Å². The van der Waals surface area contributed by atoms with Crippen LogP contribution >= 0.6 is 12.2 Å². The first-order valence-electron chi connectivity index (χ1n) is 6.68. The number of rotatable bonds is 7. The summed E-state index contributed by atoms with van der Waals surface area (Å²) in [6, 6.07) is 6.90. The zero-order valence-electron chi connectivity index (χ0n) is 12.1. The monoisotopic (exact) mass is 314 g/mol. The molecule has 0 aliphatic rings. The first-order valence-corrected chi connectivity index (χ1v) is 8.57. The zero-order chi connectivity index (χ0) is 15.4. The van der Waals surface area contributed by atoms with E-state index in [2.05, 4.69) is 11.6 Å². The zero-order valence-corrected chi connectivity index (χ0v) is 13.8. The molecular weight excluding hydrogens is 292 g/mol. The number of hydrogen-bond acceptors (Lipinski definition) is 3. The van der Waals surface area contributed by atoms with E-state index < -0.39 is 15.6 Å². The van der Waals surface area contributed by atoms with Gasteiger partial charge in [0, 0.05) is 0 Å². The van der Waals surface area contributed by atoms with E-state index in [4.69, 9.17) is 18.0 Å². The summed E-state index contributed by atoms with van der Waals surface area (Å²) in [6.45, 7) is 5.62. The Kier molecular flexibility index (Phi) is 5.68. The molecule has 0 bridgehead atoms. The van der Waals surface area contributed by atoms with Crippen molar-refractivity contribution in [3.8, 4) is 0 Å². The van der Waals surface area contributed by atoms with Gasteiger partial charge in [-0.2, -0.15) is 4.72 Å². The van der Waals surface area contributed by atoms with Crippen molar-refractivity contribution in [2.24, 2.45) is 5.73 Å². The summed E-state index contributed by atoms with van der Waals surface area (Å²) >= 11 is 4.95. The van der Waals surface area contributed by atoms with Crippen molar-refractivity contribution in [2.45, 2.75) is 50.5 Å². The molecule has 1 aromatic rings. The molecule has 0 aromatic heterocycles. The van der Waals surface area contributed by atoms with Crippen molar-refractivity contribution in [1.29, 1.82) is 0 Å². The number of sulfonamides is 1. The molecule has 1 aromatic carbocycles. The first kappa shape index (κ1) is 17.1. The van der Waals surface area contributed by atoms with Gasteiger partial charge in [0.25, 0.3) is 0 Å². The van der Waals surface area contributed by atoms with Crippen LogP contribution in [-0.4, -0.2) is 18.9 Å². The van der Waals surface area contributed by atoms with Gasteiger partial charge in [0.1, 0.15) is 0 Å². The van der Waals surface area contributed by atoms with Crippen LogP contribution in [-0.2, 0) is 16.4 Å². The molecule has 20 heavy (non-hydrogen) atoms. The largest absolute Gasteiger partial charge is 0.392 e. The lowest BCUT2D eigenvalue weighted by Gasteiger charge is -2.27. The molecule has 4 nitrogen and oxygen atoms in total. The van der Waals surface area contributed by atoms with Crippen LogP contribution in [0.2, 0.25) is 0 Å². The van der Waals surface area contributed by atoms with Gasteiger partial charge in [-0.25, -0.2) is 8.42 Å². The SMILES string of the molecule is CCCc1ccc(S(=O)(=O)NC(C)(CC)C(N)=S)cc1. The molecule has 0 heterocycles. The van der Waals surface area contributed by atoms with Crippen LogP contribution in [0.25, 0.3) is 0 Å². The van der Waals surface area contributed by atoms with Crippen molar-refractivity contribution < 1.29 is 8.42 Å². The summed E-state index contributed by atoms with van der Waals surface area (Å²) in [7, 11) is -3.62. The number of thiocarbonyl (C=S) groups is 1. The molecule has 1 unspecified atom stereocenters. The molecule has 3 N–H and O–H groups in total. The minimum absolute atomic E-state index is 0.145. The molecule has 0 radical (unpaired) electrons. The fraction of sp³-hybridized carbons (Fsp3) is 0.500. The van der Waals surface area contributed by atoms with E-state index >= 15 is 0 Å². The maximum absolute atomic E-state index is 12.4. The van der Waals surface area contributed by atoms with Gasteiger partial charge < -0.3 is 5.73 Å². The van der Waals surface area contributed by atoms with Gasteiger partial charge in [-0.1, -0.05) is 44.6 Å². The second-order valence-electron chi connectivity index (χ2n) is 5.05. The average Bonchev–Trinajstić information content (AvgIpc) is 2.39. The number of hydrogen-bond donors (Lipinski definition) is 2. The Hall–Kier alpha value is -0.980. The van der Waals surface area contributed by atoms with Gasteiger partial charge in [0.15, 0.2) is 0 Å². The van der Waals surface area contributed by atoms with Crippen LogP contribution in [0.5, 0.6) is 0 Å². The van der Waals surface area contributed by atoms with Crippen molar-refractivity contribution in [3.05, 3.63) is 29.8 Å². The van der Waals surface area contributed by atoms with Crippen molar-refractivity contribution >= 4 is 27.2 Å². The number of nitrogens with one attached hydrogen (secondary N) is 1. The van der Waals surface area contributed by atoms with Gasteiger partial charge in [0.05, 0.1) is 15.4 Å². The van der Waals surface area contributed by atoms with Crippen molar-refractivity contribution in [2.75, 3.05) is 0 Å². The molecule has 0 aliphatic carbocycles. The summed E-state index contributed by atoms with van der Waals surface area (Å²) in [5.74, 6) is 0. The third-order valence-electron chi connectivity index (χ3n) is 3.38. The van der Waals surface area contributed by atoms with Crippen molar-refractivity contribution in [1.82, 2.24) is 4.72 Å². The Labute approximate surface area is 126 Å². The maximum atomic E-state index is 12.4. The summed E-state index contributed by atoms with van der Waals surface area (Å²) < 4.78 is 27.3. The Morgan fingerprint density at radius 2 is 1.85 bits per heavy atom. The van der Waals surface area contributed by atoms with Crippen LogP contribution in [0.3, 0.4) is 0 Å². The summed E-state index contributed by atoms with van der Waals surface area (Å²) in [5.41, 5.74) is 5.85. The van der Waals surface area contributed by atoms with Crippen molar-refractivity contribution in [3.63, 3.8) is 0 Å². The number of aryl methyl sites for hydroxylation is 1. The fourth-order valence-corrected chi connectivity index (χ4v) is 3.50. The standard InChI is InChI=1S/C14H22N2O2S2/c1-4-6-11-7-9-12(10-8-11)20(17,18)16-14(3,5-2)13(15)19/h7-10,16H,4-6H2,1-3H3,(H2,15,19). The van der Waals surface area contributed by atoms with E-state index in [9.17, 15) is 8.42 Å². The number of benzene rings is 1. The van der Waals surface area contributed by atoms with Crippen LogP contribution in [0.1, 0.15) is 39.2 Å². The smallest absolute Gasteiger partial charge is 0.241 e. The van der Waals surface area contributed by atoms with E-state index in [1.54, 1.807) is 19.1 Å². The molecule has 1 rings (SSSR count). The summed E-state index contributed by atoms with van der Waals surface area (Å²) in [6.07, 6.45) is 2.46. The van der Waals surface area contributed by atoms with Gasteiger partial charge in [-0.05, 0) is 37.5 Å². The van der Waals surface area contributed by atoms with Gasteiger partial charge in [-0.15, -0.1) is 0 Å². The minimum atomic E-state index is -3.62. The highest BCUT2D eigenvalue weighted by Gasteiger charge is 2.31. The lowest BCUT2D eigenvalue weighted by Crippen LogP contribution is -2.53. The highest BCUT2D eigenvalue weighted by Crippen LogP contribution is 2.17. The van der Waals surface area contributed by atoms with Crippen LogP contribution in [0.15, 0.2) is 29.2 Å². The highest BCUT2D eigenvalue weighted by atomic mass is 32.2. The second-order valence-corrected chi connectivity index (χ2v) is 7.17. The predicted molar refractivity (Wildman–Crippen MR) is 86.2 cm³/mol. The van der Waals surface area contributed by atoms with E-state index in [0.717, 1.165) is 18.4 Å². The lowest BCUT2D eigenvalue weighted by molar-refractivity contribution is 0.511. The third kappa shape index (κ3) is 4.01. The normalized spacial score (nSPS) is 14.8. The van der Waals surface area contributed by atoms with Gasteiger partial charge in [0.2, 0.25) is 10.0 Å². The van der Waals surface area contributed by atoms with E-state index in [0.29, 0.717) is 6.42 Å². The Morgan fingerprint density at radius 3 is 2.25 bits per heavy atom. The quantitative estimate of drug-likeness (QED) is 0.758. The Balaban J connectivity index is 3.02. The molecule has 0 amide bonds. The predicted octanol–water partition coefficient (Wildman–Crippen LogP) is 2.37. The number of nitrogens with two attached hydrogens (primary N) is 1. The molecular formula is C14H22N2O2S2. The lowest BCUT2D eigenvalue weighted by atomic mass is 10.0. The van der Waals surface area contributed by atoms with Gasteiger partial charge >= 0.3 is 0 Å². The molecule has 6 heteroatoms. The van der Waals surface area contributed by atoms with Crippen LogP contribution in [0, 0.1) is 0 Å². The summed E-state index contributed by atoms with van der Waals surface area (Å²) in [5, 5.41) is 0. The van der Waals surface area contributed by atoms with E-state index in [1.165, 1.54) is 0 Å². The highest BCUT2D eigenvalue weighted by molar-refractivity contribution is 7.89. The Bertz CT molecular complexity index is 567. The third-order valence-corrected chi connectivity index (χ3v) is 5.45. The van der Waals surface area contributed by atoms with Crippen LogP contribution in [0.4, 0.5) is 0 Å². The molecule has 0 fully saturated rings. The average molecular weight is 314 g/mol. The molecule has 0 saturated carbocycles.